The number of hydrogen-bond donors (Lipinski definition) is 1. The molecule has 9 heteroatoms. The van der Waals surface area contributed by atoms with E-state index in [2.05, 4.69) is 39.4 Å². The summed E-state index contributed by atoms with van der Waals surface area (Å²) in [6, 6.07) is 11.0. The van der Waals surface area contributed by atoms with E-state index < -0.39 is 0 Å². The van der Waals surface area contributed by atoms with E-state index in [1.54, 1.807) is 30.5 Å². The molecule has 2 aromatic heterocycles. The number of aryl methyl sites for hydroxylation is 1. The molecule has 0 radical (unpaired) electrons. The molecule has 1 aliphatic rings. The number of nitrogens with zero attached hydrogens (tertiary/aromatic N) is 5. The summed E-state index contributed by atoms with van der Waals surface area (Å²) in [5.74, 6) is 0.744. The van der Waals surface area contributed by atoms with E-state index in [0.717, 1.165) is 24.5 Å². The summed E-state index contributed by atoms with van der Waals surface area (Å²) in [6.45, 7) is 6.29. The van der Waals surface area contributed by atoms with Gasteiger partial charge in [0.2, 0.25) is 5.91 Å². The minimum absolute atomic E-state index is 0.141. The van der Waals surface area contributed by atoms with Gasteiger partial charge in [0.25, 0.3) is 5.56 Å². The average Bonchev–Trinajstić information content (AvgIpc) is 2.77. The van der Waals surface area contributed by atoms with Gasteiger partial charge in [-0.25, -0.2) is 9.67 Å². The van der Waals surface area contributed by atoms with Crippen molar-refractivity contribution in [2.45, 2.75) is 45.6 Å². The predicted octanol–water partition coefficient (Wildman–Crippen LogP) is 1.51. The molecule has 9 nitrogen and oxygen atoms in total. The second-order valence-electron chi connectivity index (χ2n) is 7.85. The maximum absolute atomic E-state index is 12.4. The van der Waals surface area contributed by atoms with Gasteiger partial charge in [0, 0.05) is 32.3 Å². The smallest absolute Gasteiger partial charge is 0.277 e. The van der Waals surface area contributed by atoms with E-state index in [9.17, 15) is 9.59 Å². The Kier molecular flexibility index (Phi) is 6.22. The fourth-order valence-corrected chi connectivity index (χ4v) is 3.74. The Morgan fingerprint density at radius 1 is 1.16 bits per heavy atom. The maximum Gasteiger partial charge on any atom is 0.277 e. The standard InChI is InChI=1S/C22H26N6O3/c1-15-13-27(14-16(2)31-15)20-8-7-17(11-23-20)12-24-21(29)9-10-28-22(30)18-5-3-4-6-19(18)25-26-28/h3-8,11,15-16H,9-10,12-14H2,1-2H3,(H,24,29). The van der Waals surface area contributed by atoms with Crippen molar-refractivity contribution in [3.8, 4) is 0 Å². The first-order valence-corrected chi connectivity index (χ1v) is 10.4. The molecule has 0 spiro atoms. The third kappa shape index (κ3) is 5.05. The van der Waals surface area contributed by atoms with Gasteiger partial charge >= 0.3 is 0 Å². The van der Waals surface area contributed by atoms with E-state index >= 15 is 0 Å². The lowest BCUT2D eigenvalue weighted by molar-refractivity contribution is -0.121. The molecule has 1 N–H and O–H groups in total. The molecule has 3 aromatic rings. The molecule has 31 heavy (non-hydrogen) atoms. The monoisotopic (exact) mass is 422 g/mol. The molecule has 2 unspecified atom stereocenters. The van der Waals surface area contributed by atoms with Crippen LogP contribution in [0.4, 0.5) is 5.82 Å². The van der Waals surface area contributed by atoms with Crippen molar-refractivity contribution in [3.05, 3.63) is 58.5 Å². The molecule has 0 aliphatic carbocycles. The third-order valence-corrected chi connectivity index (χ3v) is 5.22. The molecular weight excluding hydrogens is 396 g/mol. The van der Waals surface area contributed by atoms with Crippen LogP contribution >= 0.6 is 0 Å². The molecule has 1 fully saturated rings. The molecular formula is C22H26N6O3. The molecule has 1 aliphatic heterocycles. The predicted molar refractivity (Wildman–Crippen MR) is 117 cm³/mol. The zero-order valence-corrected chi connectivity index (χ0v) is 17.7. The first-order chi connectivity index (χ1) is 15.0. The quantitative estimate of drug-likeness (QED) is 0.642. The first-order valence-electron chi connectivity index (χ1n) is 10.4. The number of morpholine rings is 1. The number of aromatic nitrogens is 4. The first kappa shape index (κ1) is 20.9. The fraction of sp³-hybridized carbons (Fsp3) is 0.409. The van der Waals surface area contributed by atoms with Crippen LogP contribution in [-0.4, -0.2) is 51.2 Å². The van der Waals surface area contributed by atoms with Crippen LogP contribution in [0.1, 0.15) is 25.8 Å². The third-order valence-electron chi connectivity index (χ3n) is 5.22. The van der Waals surface area contributed by atoms with Gasteiger partial charge in [0.15, 0.2) is 0 Å². The highest BCUT2D eigenvalue weighted by molar-refractivity contribution is 5.77. The molecule has 1 amide bonds. The van der Waals surface area contributed by atoms with Crippen LogP contribution in [0.5, 0.6) is 0 Å². The van der Waals surface area contributed by atoms with Crippen LogP contribution in [0, 0.1) is 0 Å². The maximum atomic E-state index is 12.4. The Balaban J connectivity index is 1.29. The molecule has 2 atom stereocenters. The van der Waals surface area contributed by atoms with Crippen LogP contribution in [0.25, 0.3) is 10.9 Å². The number of anilines is 1. The number of rotatable bonds is 6. The zero-order valence-electron chi connectivity index (χ0n) is 17.7. The highest BCUT2D eigenvalue weighted by Crippen LogP contribution is 2.18. The number of nitrogens with one attached hydrogen (secondary N) is 1. The summed E-state index contributed by atoms with van der Waals surface area (Å²) in [5, 5.41) is 11.3. The summed E-state index contributed by atoms with van der Waals surface area (Å²) >= 11 is 0. The Morgan fingerprint density at radius 3 is 2.68 bits per heavy atom. The van der Waals surface area contributed by atoms with E-state index in [4.69, 9.17) is 4.74 Å². The fourth-order valence-electron chi connectivity index (χ4n) is 3.74. The highest BCUT2D eigenvalue weighted by Gasteiger charge is 2.23. The van der Waals surface area contributed by atoms with E-state index in [0.29, 0.717) is 17.4 Å². The number of carbonyl (C=O) groups is 1. The lowest BCUT2D eigenvalue weighted by Gasteiger charge is -2.36. The molecule has 3 heterocycles. The topological polar surface area (TPSA) is 102 Å². The summed E-state index contributed by atoms with van der Waals surface area (Å²) in [6.07, 6.45) is 2.26. The summed E-state index contributed by atoms with van der Waals surface area (Å²) in [5.41, 5.74) is 1.21. The molecule has 1 aromatic carbocycles. The highest BCUT2D eigenvalue weighted by atomic mass is 16.5. The van der Waals surface area contributed by atoms with E-state index in [1.807, 2.05) is 12.1 Å². The minimum Gasteiger partial charge on any atom is -0.372 e. The second-order valence-corrected chi connectivity index (χ2v) is 7.85. The minimum atomic E-state index is -0.245. The number of hydrogen-bond acceptors (Lipinski definition) is 7. The van der Waals surface area contributed by atoms with Crippen molar-refractivity contribution in [2.24, 2.45) is 0 Å². The van der Waals surface area contributed by atoms with Crippen molar-refractivity contribution >= 4 is 22.6 Å². The Bertz CT molecular complexity index is 1100. The number of pyridine rings is 1. The van der Waals surface area contributed by atoms with Crippen molar-refractivity contribution in [1.29, 1.82) is 0 Å². The van der Waals surface area contributed by atoms with Crippen LogP contribution in [-0.2, 0) is 22.6 Å². The number of benzene rings is 1. The second kappa shape index (κ2) is 9.22. The normalized spacial score (nSPS) is 18.8. The summed E-state index contributed by atoms with van der Waals surface area (Å²) in [7, 11) is 0. The molecule has 0 saturated carbocycles. The Hall–Kier alpha value is -3.33. The van der Waals surface area contributed by atoms with Crippen molar-refractivity contribution in [1.82, 2.24) is 25.3 Å². The van der Waals surface area contributed by atoms with Gasteiger partial charge in [-0.2, -0.15) is 0 Å². The Labute approximate surface area is 180 Å². The van der Waals surface area contributed by atoms with E-state index in [-0.39, 0.29) is 36.6 Å². The van der Waals surface area contributed by atoms with Gasteiger partial charge in [-0.3, -0.25) is 9.59 Å². The number of amides is 1. The zero-order chi connectivity index (χ0) is 21.8. The number of fused-ring (bicyclic) bond motifs is 1. The van der Waals surface area contributed by atoms with Crippen molar-refractivity contribution < 1.29 is 9.53 Å². The van der Waals surface area contributed by atoms with Crippen molar-refractivity contribution in [3.63, 3.8) is 0 Å². The van der Waals surface area contributed by atoms with Gasteiger partial charge in [0.05, 0.1) is 24.1 Å². The van der Waals surface area contributed by atoms with Gasteiger partial charge in [-0.1, -0.05) is 23.4 Å². The summed E-state index contributed by atoms with van der Waals surface area (Å²) < 4.78 is 6.99. The van der Waals surface area contributed by atoms with Gasteiger partial charge in [-0.05, 0) is 37.6 Å². The van der Waals surface area contributed by atoms with Gasteiger partial charge in [0.1, 0.15) is 11.3 Å². The molecule has 1 saturated heterocycles. The Morgan fingerprint density at radius 2 is 1.94 bits per heavy atom. The van der Waals surface area contributed by atoms with Crippen LogP contribution in [0.3, 0.4) is 0 Å². The van der Waals surface area contributed by atoms with Crippen LogP contribution in [0.15, 0.2) is 47.4 Å². The van der Waals surface area contributed by atoms with Gasteiger partial charge in [-0.15, -0.1) is 5.10 Å². The average molecular weight is 422 g/mol. The number of ether oxygens (including phenoxy) is 1. The van der Waals surface area contributed by atoms with Crippen LogP contribution < -0.4 is 15.8 Å². The SMILES string of the molecule is CC1CN(c2ccc(CNC(=O)CCn3nnc4ccccc4c3=O)cn2)CC(C)O1. The molecule has 4 rings (SSSR count). The number of carbonyl (C=O) groups excluding carboxylic acids is 1. The lowest BCUT2D eigenvalue weighted by Crippen LogP contribution is -2.45. The lowest BCUT2D eigenvalue weighted by atomic mass is 10.2. The van der Waals surface area contributed by atoms with E-state index in [1.165, 1.54) is 4.68 Å². The van der Waals surface area contributed by atoms with Crippen LogP contribution in [0.2, 0.25) is 0 Å². The summed E-state index contributed by atoms with van der Waals surface area (Å²) in [4.78, 5) is 31.4. The molecule has 162 valence electrons. The molecule has 0 bridgehead atoms. The largest absolute Gasteiger partial charge is 0.372 e. The van der Waals surface area contributed by atoms with Crippen molar-refractivity contribution in [2.75, 3.05) is 18.0 Å². The van der Waals surface area contributed by atoms with Gasteiger partial charge < -0.3 is 15.0 Å².